The molecule has 0 aromatic heterocycles. The van der Waals surface area contributed by atoms with E-state index in [9.17, 15) is 9.59 Å². The molecule has 0 spiro atoms. The molecule has 1 aromatic rings. The number of benzene rings is 1. The molecular formula is C14H20N2O3. The van der Waals surface area contributed by atoms with Crippen LogP contribution in [0.2, 0.25) is 0 Å². The molecule has 0 fully saturated rings. The predicted molar refractivity (Wildman–Crippen MR) is 73.6 cm³/mol. The van der Waals surface area contributed by atoms with Crippen molar-refractivity contribution in [2.45, 2.75) is 32.7 Å². The van der Waals surface area contributed by atoms with Crippen molar-refractivity contribution in [2.24, 2.45) is 5.92 Å². The highest BCUT2D eigenvalue weighted by Crippen LogP contribution is 2.08. The van der Waals surface area contributed by atoms with E-state index in [0.717, 1.165) is 5.56 Å². The standard InChI is InChI=1S/C14H20N2O3/c1-9(2)13(14(18)19)16-12(17)8-5-10-3-6-11(15)7-4-10/h3-4,6-7,9,13H,5,8,15H2,1-2H3,(H,16,17)(H,18,19)/t13-/m0/s1. The van der Waals surface area contributed by atoms with E-state index in [2.05, 4.69) is 5.32 Å². The number of anilines is 1. The van der Waals surface area contributed by atoms with E-state index >= 15 is 0 Å². The second-order valence-corrected chi connectivity index (χ2v) is 4.87. The van der Waals surface area contributed by atoms with Crippen molar-refractivity contribution in [3.8, 4) is 0 Å². The number of nitrogen functional groups attached to an aromatic ring is 1. The summed E-state index contributed by atoms with van der Waals surface area (Å²) in [6.45, 7) is 3.53. The van der Waals surface area contributed by atoms with Gasteiger partial charge in [-0.3, -0.25) is 4.79 Å². The van der Waals surface area contributed by atoms with E-state index in [4.69, 9.17) is 10.8 Å². The van der Waals surface area contributed by atoms with Gasteiger partial charge < -0.3 is 16.2 Å². The van der Waals surface area contributed by atoms with Gasteiger partial charge in [0, 0.05) is 12.1 Å². The number of amides is 1. The molecule has 4 N–H and O–H groups in total. The molecule has 5 heteroatoms. The minimum atomic E-state index is -1.00. The van der Waals surface area contributed by atoms with E-state index in [1.165, 1.54) is 0 Å². The van der Waals surface area contributed by atoms with Crippen molar-refractivity contribution >= 4 is 17.6 Å². The van der Waals surface area contributed by atoms with Crippen LogP contribution in [-0.2, 0) is 16.0 Å². The molecule has 0 aliphatic rings. The zero-order valence-electron chi connectivity index (χ0n) is 11.2. The lowest BCUT2D eigenvalue weighted by molar-refractivity contribution is -0.143. The summed E-state index contributed by atoms with van der Waals surface area (Å²) in [4.78, 5) is 22.7. The van der Waals surface area contributed by atoms with Crippen molar-refractivity contribution < 1.29 is 14.7 Å². The van der Waals surface area contributed by atoms with Gasteiger partial charge in [-0.15, -0.1) is 0 Å². The van der Waals surface area contributed by atoms with Gasteiger partial charge in [0.1, 0.15) is 6.04 Å². The van der Waals surface area contributed by atoms with Crippen molar-refractivity contribution in [2.75, 3.05) is 5.73 Å². The van der Waals surface area contributed by atoms with Crippen LogP contribution >= 0.6 is 0 Å². The van der Waals surface area contributed by atoms with Gasteiger partial charge in [0.15, 0.2) is 0 Å². The van der Waals surface area contributed by atoms with Crippen molar-refractivity contribution in [1.29, 1.82) is 0 Å². The number of hydrogen-bond donors (Lipinski definition) is 3. The molecule has 1 atom stereocenters. The molecule has 0 radical (unpaired) electrons. The van der Waals surface area contributed by atoms with Gasteiger partial charge in [0.2, 0.25) is 5.91 Å². The summed E-state index contributed by atoms with van der Waals surface area (Å²) < 4.78 is 0. The van der Waals surface area contributed by atoms with Crippen LogP contribution in [0.1, 0.15) is 25.8 Å². The van der Waals surface area contributed by atoms with Gasteiger partial charge in [-0.05, 0) is 30.0 Å². The van der Waals surface area contributed by atoms with Crippen LogP contribution in [0.4, 0.5) is 5.69 Å². The Morgan fingerprint density at radius 2 is 1.84 bits per heavy atom. The monoisotopic (exact) mass is 264 g/mol. The Kier molecular flexibility index (Phi) is 5.36. The molecule has 5 nitrogen and oxygen atoms in total. The second kappa shape index (κ2) is 6.78. The lowest BCUT2D eigenvalue weighted by Gasteiger charge is -2.17. The molecule has 1 aromatic carbocycles. The van der Waals surface area contributed by atoms with Gasteiger partial charge in [0.25, 0.3) is 0 Å². The van der Waals surface area contributed by atoms with Crippen LogP contribution in [0.3, 0.4) is 0 Å². The smallest absolute Gasteiger partial charge is 0.326 e. The van der Waals surface area contributed by atoms with Crippen LogP contribution in [0.25, 0.3) is 0 Å². The van der Waals surface area contributed by atoms with Crippen LogP contribution in [-0.4, -0.2) is 23.0 Å². The summed E-state index contributed by atoms with van der Waals surface area (Å²) in [7, 11) is 0. The lowest BCUT2D eigenvalue weighted by atomic mass is 10.0. The molecule has 0 aliphatic carbocycles. The minimum absolute atomic E-state index is 0.141. The zero-order chi connectivity index (χ0) is 14.4. The molecule has 0 heterocycles. The minimum Gasteiger partial charge on any atom is -0.480 e. The van der Waals surface area contributed by atoms with Gasteiger partial charge >= 0.3 is 5.97 Å². The average molecular weight is 264 g/mol. The summed E-state index contributed by atoms with van der Waals surface area (Å²) in [5.74, 6) is -1.40. The first-order valence-electron chi connectivity index (χ1n) is 6.26. The van der Waals surface area contributed by atoms with Crippen molar-refractivity contribution in [3.63, 3.8) is 0 Å². The Morgan fingerprint density at radius 1 is 1.26 bits per heavy atom. The fourth-order valence-electron chi connectivity index (χ4n) is 1.70. The topological polar surface area (TPSA) is 92.4 Å². The first-order chi connectivity index (χ1) is 8.90. The molecule has 0 unspecified atom stereocenters. The molecule has 104 valence electrons. The molecular weight excluding hydrogens is 244 g/mol. The number of aryl methyl sites for hydroxylation is 1. The van der Waals surface area contributed by atoms with E-state index in [1.54, 1.807) is 26.0 Å². The number of carbonyl (C=O) groups is 2. The number of nitrogens with two attached hydrogens (primary N) is 1. The van der Waals surface area contributed by atoms with E-state index in [-0.39, 0.29) is 18.2 Å². The van der Waals surface area contributed by atoms with Gasteiger partial charge in [0.05, 0.1) is 0 Å². The summed E-state index contributed by atoms with van der Waals surface area (Å²) in [5, 5.41) is 11.5. The Balaban J connectivity index is 2.47. The highest BCUT2D eigenvalue weighted by Gasteiger charge is 2.22. The maximum Gasteiger partial charge on any atom is 0.326 e. The molecule has 0 aliphatic heterocycles. The lowest BCUT2D eigenvalue weighted by Crippen LogP contribution is -2.44. The Labute approximate surface area is 112 Å². The maximum absolute atomic E-state index is 11.7. The summed E-state index contributed by atoms with van der Waals surface area (Å²) in [6.07, 6.45) is 0.830. The quantitative estimate of drug-likeness (QED) is 0.678. The van der Waals surface area contributed by atoms with Crippen LogP contribution < -0.4 is 11.1 Å². The SMILES string of the molecule is CC(C)[C@H](NC(=O)CCc1ccc(N)cc1)C(=O)O. The normalized spacial score (nSPS) is 12.2. The first kappa shape index (κ1) is 15.0. The Hall–Kier alpha value is -2.04. The second-order valence-electron chi connectivity index (χ2n) is 4.87. The average Bonchev–Trinajstić information content (AvgIpc) is 2.34. The van der Waals surface area contributed by atoms with Crippen LogP contribution in [0.5, 0.6) is 0 Å². The number of aliphatic carboxylic acids is 1. The third-order valence-electron chi connectivity index (χ3n) is 2.87. The number of rotatable bonds is 6. The van der Waals surface area contributed by atoms with Gasteiger partial charge in [-0.2, -0.15) is 0 Å². The summed E-state index contributed by atoms with van der Waals surface area (Å²) >= 11 is 0. The molecule has 19 heavy (non-hydrogen) atoms. The van der Waals surface area contributed by atoms with Crippen molar-refractivity contribution in [1.82, 2.24) is 5.32 Å². The number of carbonyl (C=O) groups excluding carboxylic acids is 1. The number of carboxylic acids is 1. The third-order valence-corrected chi connectivity index (χ3v) is 2.87. The molecule has 1 amide bonds. The highest BCUT2D eigenvalue weighted by molar-refractivity contribution is 5.83. The third kappa shape index (κ3) is 4.99. The van der Waals surface area contributed by atoms with E-state index in [0.29, 0.717) is 12.1 Å². The zero-order valence-corrected chi connectivity index (χ0v) is 11.2. The fraction of sp³-hybridized carbons (Fsp3) is 0.429. The van der Waals surface area contributed by atoms with Crippen LogP contribution in [0.15, 0.2) is 24.3 Å². The largest absolute Gasteiger partial charge is 0.480 e. The molecule has 1 rings (SSSR count). The summed E-state index contributed by atoms with van der Waals surface area (Å²) in [5.41, 5.74) is 7.25. The Morgan fingerprint density at radius 3 is 2.32 bits per heavy atom. The fourth-order valence-corrected chi connectivity index (χ4v) is 1.70. The highest BCUT2D eigenvalue weighted by atomic mass is 16.4. The van der Waals surface area contributed by atoms with Gasteiger partial charge in [-0.25, -0.2) is 4.79 Å². The first-order valence-corrected chi connectivity index (χ1v) is 6.26. The maximum atomic E-state index is 11.7. The predicted octanol–water partition coefficient (Wildman–Crippen LogP) is 1.43. The van der Waals surface area contributed by atoms with Crippen molar-refractivity contribution in [3.05, 3.63) is 29.8 Å². The Bertz CT molecular complexity index is 441. The molecule has 0 saturated carbocycles. The van der Waals surface area contributed by atoms with Gasteiger partial charge in [-0.1, -0.05) is 26.0 Å². The summed E-state index contributed by atoms with van der Waals surface area (Å²) in [6, 6.07) is 6.45. The van der Waals surface area contributed by atoms with Crippen LogP contribution in [0, 0.1) is 5.92 Å². The van der Waals surface area contributed by atoms with E-state index < -0.39 is 12.0 Å². The van der Waals surface area contributed by atoms with E-state index in [1.807, 2.05) is 12.1 Å². The number of nitrogens with one attached hydrogen (secondary N) is 1. The number of hydrogen-bond acceptors (Lipinski definition) is 3. The molecule has 0 saturated heterocycles. The molecule has 0 bridgehead atoms. The number of carboxylic acid groups (broad SMARTS) is 1.